The number of unbranched alkanes of at least 4 members (excludes halogenated alkanes) is 11. The number of aryl methyl sites for hydroxylation is 1. The Hall–Kier alpha value is -0.440. The van der Waals surface area contributed by atoms with Gasteiger partial charge >= 0.3 is 206 Å². The molecule has 37 heavy (non-hydrogen) atoms. The molecule has 0 N–H and O–H groups in total. The average molecular weight is 557 g/mol. The molecule has 0 radical (unpaired) electrons. The van der Waals surface area contributed by atoms with Gasteiger partial charge in [-0.2, -0.15) is 0 Å². The topological polar surface area (TPSA) is 43.4 Å². The van der Waals surface area contributed by atoms with Crippen molar-refractivity contribution in [3.8, 4) is 0 Å². The van der Waals surface area contributed by atoms with Crippen molar-refractivity contribution in [3.05, 3.63) is 29.8 Å². The van der Waals surface area contributed by atoms with Crippen LogP contribution in [0.25, 0.3) is 0 Å². The predicted molar refractivity (Wildman–Crippen MR) is 167 cm³/mol. The van der Waals surface area contributed by atoms with Crippen LogP contribution < -0.4 is 0 Å². The van der Waals surface area contributed by atoms with E-state index in [0.29, 0.717) is 4.90 Å². The van der Waals surface area contributed by atoms with Gasteiger partial charge in [-0.15, -0.1) is 0 Å². The van der Waals surface area contributed by atoms with E-state index in [1.165, 1.54) is 56.9 Å². The van der Waals surface area contributed by atoms with E-state index in [-0.39, 0.29) is 0 Å². The first-order valence-corrected chi connectivity index (χ1v) is 20.2. The molecule has 0 heterocycles. The number of rotatable bonds is 24. The van der Waals surface area contributed by atoms with Crippen LogP contribution in [-0.2, 0) is 20.5 Å². The molecule has 0 saturated carbocycles. The van der Waals surface area contributed by atoms with Crippen LogP contribution in [0.4, 0.5) is 0 Å². The fourth-order valence-corrected chi connectivity index (χ4v) is 15.7. The molecule has 0 amide bonds. The Morgan fingerprint density at radius 1 is 0.541 bits per heavy atom. The quantitative estimate of drug-likeness (QED) is 0.0939. The first-order chi connectivity index (χ1) is 17.8. The third kappa shape index (κ3) is 12.5. The second kappa shape index (κ2) is 18.8. The molecule has 3 nitrogen and oxygen atoms in total. The molecule has 0 bridgehead atoms. The predicted octanol–water partition coefficient (Wildman–Crippen LogP) is 10.7. The van der Waals surface area contributed by atoms with Crippen molar-refractivity contribution in [1.82, 2.24) is 0 Å². The Balaban J connectivity index is 3.01. The van der Waals surface area contributed by atoms with Crippen molar-refractivity contribution in [3.63, 3.8) is 0 Å². The van der Waals surface area contributed by atoms with Crippen molar-refractivity contribution in [2.24, 2.45) is 0 Å². The summed E-state index contributed by atoms with van der Waals surface area (Å²) in [6.45, 7) is 8.22. The van der Waals surface area contributed by atoms with Crippen LogP contribution in [0.5, 0.6) is 0 Å². The zero-order valence-corrected chi connectivity index (χ0v) is 26.9. The molecule has 0 aromatic heterocycles. The van der Waals surface area contributed by atoms with Crippen LogP contribution in [0.15, 0.2) is 29.2 Å². The van der Waals surface area contributed by atoms with E-state index < -0.39 is 16.9 Å². The van der Waals surface area contributed by atoms with E-state index in [1.807, 2.05) is 12.1 Å². The fraction of sp³-hybridized carbons (Fsp3) is 0.812. The summed E-state index contributed by atoms with van der Waals surface area (Å²) in [5, 5.41) is 0. The Bertz CT molecular complexity index is 760. The molecular formula is C32H61O3PS. The normalized spacial score (nSPS) is 13.5. The molecule has 0 atom stereocenters. The fourth-order valence-electron chi connectivity index (χ4n) is 5.66. The summed E-state index contributed by atoms with van der Waals surface area (Å²) in [4.78, 5) is 0.349. The van der Waals surface area contributed by atoms with Crippen molar-refractivity contribution in [1.29, 1.82) is 0 Å². The zero-order valence-electron chi connectivity index (χ0n) is 25.2. The summed E-state index contributed by atoms with van der Waals surface area (Å²) < 4.78 is 34.4. The van der Waals surface area contributed by atoms with E-state index in [1.54, 1.807) is 12.1 Å². The molecule has 0 spiro atoms. The third-order valence-corrected chi connectivity index (χ3v) is 17.3. The molecule has 0 aliphatic carbocycles. The minimum absolute atomic E-state index is 0.349. The molecule has 0 aliphatic rings. The Kier molecular flexibility index (Phi) is 17.6. The first-order valence-electron chi connectivity index (χ1n) is 15.9. The molecule has 0 aliphatic heterocycles. The molecule has 1 rings (SSSR count). The molecule has 1 aromatic rings. The zero-order chi connectivity index (χ0) is 27.5. The molecular weight excluding hydrogens is 495 g/mol. The first kappa shape index (κ1) is 34.6. The van der Waals surface area contributed by atoms with Crippen LogP contribution in [0.3, 0.4) is 0 Å². The van der Waals surface area contributed by atoms with Gasteiger partial charge in [-0.05, 0) is 0 Å². The maximum atomic E-state index is 13.8. The average Bonchev–Trinajstić information content (AvgIpc) is 2.90. The molecule has 0 saturated heterocycles. The monoisotopic (exact) mass is 556 g/mol. The Labute approximate surface area is 232 Å². The van der Waals surface area contributed by atoms with E-state index in [9.17, 15) is 8.42 Å². The molecule has 0 unspecified atom stereocenters. The van der Waals surface area contributed by atoms with Gasteiger partial charge < -0.3 is 0 Å². The molecule has 5 heteroatoms. The van der Waals surface area contributed by atoms with Gasteiger partial charge in [0.1, 0.15) is 0 Å². The SMILES string of the molecule is CCCCCCCCCCc1ccc(S(=O)(=O)OP(CCCC)(CCCC)(CCCC)CCCC)cc1. The van der Waals surface area contributed by atoms with Gasteiger partial charge in [0.2, 0.25) is 0 Å². The third-order valence-electron chi connectivity index (χ3n) is 8.15. The van der Waals surface area contributed by atoms with Crippen LogP contribution in [-0.4, -0.2) is 33.1 Å². The number of benzene rings is 1. The van der Waals surface area contributed by atoms with Gasteiger partial charge in [-0.1, -0.05) is 26.2 Å². The van der Waals surface area contributed by atoms with E-state index in [2.05, 4.69) is 34.6 Å². The van der Waals surface area contributed by atoms with Gasteiger partial charge in [-0.3, -0.25) is 0 Å². The summed E-state index contributed by atoms with van der Waals surface area (Å²) in [6.07, 6.45) is 23.9. The summed E-state index contributed by atoms with van der Waals surface area (Å²) >= 11 is 0. The molecule has 0 fully saturated rings. The van der Waals surface area contributed by atoms with Crippen LogP contribution in [0, 0.1) is 0 Å². The van der Waals surface area contributed by atoms with E-state index in [4.69, 9.17) is 3.97 Å². The van der Waals surface area contributed by atoms with Gasteiger partial charge in [0.15, 0.2) is 0 Å². The number of hydrogen-bond acceptors (Lipinski definition) is 3. The van der Waals surface area contributed by atoms with E-state index >= 15 is 0 Å². The summed E-state index contributed by atoms with van der Waals surface area (Å²) in [7, 11) is -3.80. The van der Waals surface area contributed by atoms with Gasteiger partial charge in [0.05, 0.1) is 0 Å². The van der Waals surface area contributed by atoms with Gasteiger partial charge in [0, 0.05) is 0 Å². The summed E-state index contributed by atoms with van der Waals surface area (Å²) in [6, 6.07) is 7.64. The minimum atomic E-state index is -3.80. The Morgan fingerprint density at radius 3 is 1.32 bits per heavy atom. The van der Waals surface area contributed by atoms with Crippen LogP contribution >= 0.6 is 6.83 Å². The van der Waals surface area contributed by atoms with Crippen LogP contribution in [0.1, 0.15) is 143 Å². The van der Waals surface area contributed by atoms with Crippen molar-refractivity contribution in [2.75, 3.05) is 24.6 Å². The maximum absolute atomic E-state index is 13.8. The molecule has 218 valence electrons. The standard InChI is InChI=1S/C32H61O3PS/c1-6-11-16-17-18-19-20-21-22-31-23-25-32(26-24-31)37(33,34)35-36(27-12-7-2,28-13-8-3,29-14-9-4)30-15-10-5/h23-26H,6-22,27-30H2,1-5H3. The Morgan fingerprint density at radius 2 is 0.919 bits per heavy atom. The molecule has 1 aromatic carbocycles. The van der Waals surface area contributed by atoms with Crippen molar-refractivity contribution < 1.29 is 12.4 Å². The summed E-state index contributed by atoms with van der Waals surface area (Å²) in [5.74, 6) is 0. The summed E-state index contributed by atoms with van der Waals surface area (Å²) in [5.41, 5.74) is 1.23. The van der Waals surface area contributed by atoms with Gasteiger partial charge in [0.25, 0.3) is 0 Å². The van der Waals surface area contributed by atoms with Crippen molar-refractivity contribution in [2.45, 2.75) is 149 Å². The second-order valence-electron chi connectivity index (χ2n) is 11.6. The second-order valence-corrected chi connectivity index (χ2v) is 19.0. The van der Waals surface area contributed by atoms with Crippen LogP contribution in [0.2, 0.25) is 0 Å². The van der Waals surface area contributed by atoms with Gasteiger partial charge in [-0.25, -0.2) is 0 Å². The van der Waals surface area contributed by atoms with E-state index in [0.717, 1.165) is 82.4 Å². The van der Waals surface area contributed by atoms with Crippen molar-refractivity contribution >= 4 is 16.9 Å². The number of hydrogen-bond donors (Lipinski definition) is 0.